The molecule has 0 radical (unpaired) electrons. The first kappa shape index (κ1) is 11.2. The number of halogens is 2. The van der Waals surface area contributed by atoms with Gasteiger partial charge in [-0.05, 0) is 54.3 Å². The second-order valence-electron chi connectivity index (χ2n) is 4.59. The van der Waals surface area contributed by atoms with E-state index in [4.69, 9.17) is 0 Å². The molecule has 0 saturated heterocycles. The Morgan fingerprint density at radius 3 is 2.67 bits per heavy atom. The van der Waals surface area contributed by atoms with Gasteiger partial charge in [-0.3, -0.25) is 0 Å². The zero-order valence-electron chi connectivity index (χ0n) is 9.79. The lowest BCUT2D eigenvalue weighted by molar-refractivity contribution is 0.626. The fourth-order valence-electron chi connectivity index (χ4n) is 2.52. The van der Waals surface area contributed by atoms with Crippen molar-refractivity contribution in [2.24, 2.45) is 0 Å². The van der Waals surface area contributed by atoms with Crippen LogP contribution in [0.1, 0.15) is 23.6 Å². The molecule has 0 bridgehead atoms. The molecule has 1 aliphatic carbocycles. The highest BCUT2D eigenvalue weighted by Crippen LogP contribution is 2.34. The van der Waals surface area contributed by atoms with Crippen molar-refractivity contribution in [3.63, 3.8) is 0 Å². The molecule has 0 spiro atoms. The number of nitrogens with one attached hydrogen (secondary N) is 1. The summed E-state index contributed by atoms with van der Waals surface area (Å²) in [5, 5.41) is 3.29. The van der Waals surface area contributed by atoms with E-state index in [1.807, 2.05) is 12.1 Å². The van der Waals surface area contributed by atoms with Crippen LogP contribution < -0.4 is 5.32 Å². The Morgan fingerprint density at radius 2 is 1.83 bits per heavy atom. The first-order valence-corrected chi connectivity index (χ1v) is 6.03. The Balaban J connectivity index is 1.85. The minimum Gasteiger partial charge on any atom is -0.378 e. The summed E-state index contributed by atoms with van der Waals surface area (Å²) in [7, 11) is 0. The Labute approximate surface area is 104 Å². The van der Waals surface area contributed by atoms with E-state index in [9.17, 15) is 8.78 Å². The molecule has 0 amide bonds. The minimum absolute atomic E-state index is 0.141. The molecule has 3 rings (SSSR count). The zero-order valence-corrected chi connectivity index (χ0v) is 9.79. The third-order valence-corrected chi connectivity index (χ3v) is 3.35. The van der Waals surface area contributed by atoms with Gasteiger partial charge in [0.25, 0.3) is 0 Å². The molecule has 0 aliphatic heterocycles. The number of hydrogen-bond donors (Lipinski definition) is 1. The maximum atomic E-state index is 13.1. The van der Waals surface area contributed by atoms with Crippen LogP contribution in [0.25, 0.3) is 0 Å². The Morgan fingerprint density at radius 1 is 1.00 bits per heavy atom. The average molecular weight is 245 g/mol. The van der Waals surface area contributed by atoms with Gasteiger partial charge in [0.1, 0.15) is 11.6 Å². The largest absolute Gasteiger partial charge is 0.378 e. The molecule has 92 valence electrons. The van der Waals surface area contributed by atoms with Crippen molar-refractivity contribution in [2.45, 2.75) is 18.9 Å². The summed E-state index contributed by atoms with van der Waals surface area (Å²) in [6.45, 7) is 0. The molecule has 2 aromatic rings. The first-order chi connectivity index (χ1) is 8.72. The molecule has 1 atom stereocenters. The molecule has 0 fully saturated rings. The highest BCUT2D eigenvalue weighted by atomic mass is 19.1. The van der Waals surface area contributed by atoms with Crippen LogP contribution in [0.3, 0.4) is 0 Å². The van der Waals surface area contributed by atoms with Gasteiger partial charge in [0.2, 0.25) is 0 Å². The SMILES string of the molecule is Fc1cccc(NC2CCc3cc(F)ccc32)c1. The summed E-state index contributed by atoms with van der Waals surface area (Å²) in [5.74, 6) is -0.447. The Bertz CT molecular complexity index is 580. The smallest absolute Gasteiger partial charge is 0.125 e. The highest BCUT2D eigenvalue weighted by molar-refractivity contribution is 5.48. The Hall–Kier alpha value is -1.90. The lowest BCUT2D eigenvalue weighted by Gasteiger charge is -2.15. The lowest BCUT2D eigenvalue weighted by atomic mass is 10.1. The van der Waals surface area contributed by atoms with Crippen LogP contribution in [0.15, 0.2) is 42.5 Å². The van der Waals surface area contributed by atoms with Crippen LogP contribution in [0.5, 0.6) is 0 Å². The van der Waals surface area contributed by atoms with Crippen molar-refractivity contribution in [3.8, 4) is 0 Å². The van der Waals surface area contributed by atoms with Crippen LogP contribution in [0.4, 0.5) is 14.5 Å². The number of aryl methyl sites for hydroxylation is 1. The summed E-state index contributed by atoms with van der Waals surface area (Å²) < 4.78 is 26.2. The normalized spacial score (nSPS) is 17.6. The summed E-state index contributed by atoms with van der Waals surface area (Å²) in [4.78, 5) is 0. The van der Waals surface area contributed by atoms with E-state index in [-0.39, 0.29) is 17.7 Å². The quantitative estimate of drug-likeness (QED) is 0.841. The van der Waals surface area contributed by atoms with Crippen LogP contribution in [-0.2, 0) is 6.42 Å². The number of hydrogen-bond acceptors (Lipinski definition) is 1. The molecule has 0 saturated carbocycles. The van der Waals surface area contributed by atoms with Gasteiger partial charge in [-0.1, -0.05) is 12.1 Å². The third-order valence-electron chi connectivity index (χ3n) is 3.35. The second kappa shape index (κ2) is 4.41. The standard InChI is InChI=1S/C15H13F2N/c16-11-2-1-3-13(9-11)18-15-7-4-10-8-12(17)5-6-14(10)15/h1-3,5-6,8-9,15,18H,4,7H2. The lowest BCUT2D eigenvalue weighted by Crippen LogP contribution is -2.07. The second-order valence-corrected chi connectivity index (χ2v) is 4.59. The van der Waals surface area contributed by atoms with Gasteiger partial charge in [0.15, 0.2) is 0 Å². The van der Waals surface area contributed by atoms with Crippen LogP contribution in [-0.4, -0.2) is 0 Å². The van der Waals surface area contributed by atoms with Gasteiger partial charge < -0.3 is 5.32 Å². The van der Waals surface area contributed by atoms with E-state index >= 15 is 0 Å². The van der Waals surface area contributed by atoms with E-state index < -0.39 is 0 Å². The third kappa shape index (κ3) is 2.08. The fourth-order valence-corrected chi connectivity index (χ4v) is 2.52. The van der Waals surface area contributed by atoms with Gasteiger partial charge in [-0.15, -0.1) is 0 Å². The van der Waals surface area contributed by atoms with Gasteiger partial charge in [0, 0.05) is 5.69 Å². The molecule has 1 nitrogen and oxygen atoms in total. The predicted molar refractivity (Wildman–Crippen MR) is 67.5 cm³/mol. The topological polar surface area (TPSA) is 12.0 Å². The van der Waals surface area contributed by atoms with Crippen LogP contribution in [0, 0.1) is 11.6 Å². The van der Waals surface area contributed by atoms with Gasteiger partial charge in [-0.2, -0.15) is 0 Å². The Kier molecular flexibility index (Phi) is 2.74. The van der Waals surface area contributed by atoms with Crippen molar-refractivity contribution in [3.05, 3.63) is 65.2 Å². The molecule has 18 heavy (non-hydrogen) atoms. The van der Waals surface area contributed by atoms with Crippen molar-refractivity contribution in [1.29, 1.82) is 0 Å². The van der Waals surface area contributed by atoms with E-state index in [0.717, 1.165) is 29.7 Å². The molecule has 0 heterocycles. The number of fused-ring (bicyclic) bond motifs is 1. The van der Waals surface area contributed by atoms with Gasteiger partial charge in [0.05, 0.1) is 6.04 Å². The molecule has 1 N–H and O–H groups in total. The maximum Gasteiger partial charge on any atom is 0.125 e. The molecule has 2 aromatic carbocycles. The van der Waals surface area contributed by atoms with E-state index in [1.54, 1.807) is 12.1 Å². The number of anilines is 1. The molecular weight excluding hydrogens is 232 g/mol. The van der Waals surface area contributed by atoms with E-state index in [2.05, 4.69) is 5.32 Å². The zero-order chi connectivity index (χ0) is 12.5. The minimum atomic E-state index is -0.252. The average Bonchev–Trinajstić information content (AvgIpc) is 2.72. The summed E-state index contributed by atoms with van der Waals surface area (Å²) in [6.07, 6.45) is 1.77. The van der Waals surface area contributed by atoms with Crippen LogP contribution in [0.2, 0.25) is 0 Å². The van der Waals surface area contributed by atoms with Crippen molar-refractivity contribution < 1.29 is 8.78 Å². The molecule has 1 unspecified atom stereocenters. The number of benzene rings is 2. The predicted octanol–water partition coefficient (Wildman–Crippen LogP) is 4.06. The number of rotatable bonds is 2. The van der Waals surface area contributed by atoms with Crippen molar-refractivity contribution in [1.82, 2.24) is 0 Å². The molecule has 0 aromatic heterocycles. The molecule has 3 heteroatoms. The van der Waals surface area contributed by atoms with Crippen molar-refractivity contribution >= 4 is 5.69 Å². The molecule has 1 aliphatic rings. The highest BCUT2D eigenvalue weighted by Gasteiger charge is 2.22. The fraction of sp³-hybridized carbons (Fsp3) is 0.200. The van der Waals surface area contributed by atoms with E-state index in [1.165, 1.54) is 18.2 Å². The monoisotopic (exact) mass is 245 g/mol. The summed E-state index contributed by atoms with van der Waals surface area (Å²) in [6, 6.07) is 11.4. The molecular formula is C15H13F2N. The first-order valence-electron chi connectivity index (χ1n) is 6.03. The van der Waals surface area contributed by atoms with E-state index in [0.29, 0.717) is 0 Å². The summed E-state index contributed by atoms with van der Waals surface area (Å²) in [5.41, 5.74) is 2.92. The maximum absolute atomic E-state index is 13.1. The van der Waals surface area contributed by atoms with Gasteiger partial charge in [-0.25, -0.2) is 8.78 Å². The van der Waals surface area contributed by atoms with Crippen molar-refractivity contribution in [2.75, 3.05) is 5.32 Å². The van der Waals surface area contributed by atoms with Gasteiger partial charge >= 0.3 is 0 Å². The summed E-state index contributed by atoms with van der Waals surface area (Å²) >= 11 is 0. The van der Waals surface area contributed by atoms with Crippen LogP contribution >= 0.6 is 0 Å².